The Morgan fingerprint density at radius 2 is 1.37 bits per heavy atom. The van der Waals surface area contributed by atoms with E-state index in [-0.39, 0.29) is 18.4 Å². The van der Waals surface area contributed by atoms with Crippen molar-refractivity contribution in [1.82, 2.24) is 10.6 Å². The van der Waals surface area contributed by atoms with Gasteiger partial charge in [0.05, 0.1) is 18.1 Å². The molecule has 0 aliphatic heterocycles. The molecule has 0 saturated carbocycles. The minimum Gasteiger partial charge on any atom is -0.491 e. The first-order valence-corrected chi connectivity index (χ1v) is 12.1. The molecule has 184 valence electrons. The SMILES string of the molecule is Cc1cc(Cl)ccc1OCCNC(=O)c1cccc(C(=O)NCCOc2cc(S)c(Cl)cc2C)c1. The van der Waals surface area contributed by atoms with Gasteiger partial charge >= 0.3 is 0 Å². The number of hydrogen-bond acceptors (Lipinski definition) is 5. The van der Waals surface area contributed by atoms with Gasteiger partial charge in [-0.2, -0.15) is 0 Å². The van der Waals surface area contributed by atoms with E-state index in [2.05, 4.69) is 23.3 Å². The van der Waals surface area contributed by atoms with Crippen LogP contribution in [0.3, 0.4) is 0 Å². The number of aryl methyl sites for hydroxylation is 2. The summed E-state index contributed by atoms with van der Waals surface area (Å²) in [4.78, 5) is 25.6. The van der Waals surface area contributed by atoms with Gasteiger partial charge in [-0.3, -0.25) is 9.59 Å². The van der Waals surface area contributed by atoms with Crippen LogP contribution in [0.15, 0.2) is 59.5 Å². The van der Waals surface area contributed by atoms with Crippen LogP contribution in [0.25, 0.3) is 0 Å². The smallest absolute Gasteiger partial charge is 0.251 e. The second kappa shape index (κ2) is 12.7. The number of rotatable bonds is 10. The van der Waals surface area contributed by atoms with Crippen LogP contribution in [-0.4, -0.2) is 38.1 Å². The van der Waals surface area contributed by atoms with Gasteiger partial charge in [0.15, 0.2) is 0 Å². The van der Waals surface area contributed by atoms with Gasteiger partial charge in [0.2, 0.25) is 0 Å². The van der Waals surface area contributed by atoms with E-state index in [1.165, 1.54) is 0 Å². The molecule has 2 amide bonds. The number of amides is 2. The third-order valence-corrected chi connectivity index (χ3v) is 6.11. The van der Waals surface area contributed by atoms with Gasteiger partial charge in [-0.25, -0.2) is 0 Å². The largest absolute Gasteiger partial charge is 0.491 e. The minimum atomic E-state index is -0.299. The van der Waals surface area contributed by atoms with E-state index in [0.717, 1.165) is 11.1 Å². The molecule has 0 heterocycles. The maximum atomic E-state index is 12.5. The summed E-state index contributed by atoms with van der Waals surface area (Å²) in [6.45, 7) is 4.96. The molecule has 0 atom stereocenters. The van der Waals surface area contributed by atoms with E-state index in [0.29, 0.717) is 57.3 Å². The summed E-state index contributed by atoms with van der Waals surface area (Å²) in [5.41, 5.74) is 2.56. The van der Waals surface area contributed by atoms with Crippen molar-refractivity contribution in [2.45, 2.75) is 18.7 Å². The molecule has 3 aromatic rings. The summed E-state index contributed by atoms with van der Waals surface area (Å²) in [5, 5.41) is 6.78. The molecular weight excluding hydrogens is 507 g/mol. The molecule has 0 saturated heterocycles. The first-order valence-electron chi connectivity index (χ1n) is 10.9. The Kier molecular flexibility index (Phi) is 9.72. The molecule has 0 radical (unpaired) electrons. The monoisotopic (exact) mass is 532 g/mol. The van der Waals surface area contributed by atoms with Crippen molar-refractivity contribution >= 4 is 47.6 Å². The van der Waals surface area contributed by atoms with Gasteiger partial charge in [-0.05, 0) is 73.5 Å². The molecule has 2 N–H and O–H groups in total. The second-order valence-corrected chi connectivity index (χ2v) is 9.09. The average Bonchev–Trinajstić information content (AvgIpc) is 2.83. The zero-order valence-electron chi connectivity index (χ0n) is 19.4. The zero-order valence-corrected chi connectivity index (χ0v) is 21.8. The van der Waals surface area contributed by atoms with Crippen LogP contribution in [0.4, 0.5) is 0 Å². The maximum absolute atomic E-state index is 12.5. The molecule has 3 aromatic carbocycles. The molecule has 0 bridgehead atoms. The van der Waals surface area contributed by atoms with E-state index >= 15 is 0 Å². The summed E-state index contributed by atoms with van der Waals surface area (Å²) in [6, 6.07) is 15.4. The number of ether oxygens (including phenoxy) is 2. The molecule has 0 aromatic heterocycles. The van der Waals surface area contributed by atoms with Crippen molar-refractivity contribution < 1.29 is 19.1 Å². The third-order valence-electron chi connectivity index (χ3n) is 5.06. The quantitative estimate of drug-likeness (QED) is 0.237. The highest BCUT2D eigenvalue weighted by atomic mass is 35.5. The lowest BCUT2D eigenvalue weighted by molar-refractivity contribution is 0.0946. The number of nitrogens with one attached hydrogen (secondary N) is 2. The number of benzene rings is 3. The number of carbonyl (C=O) groups is 2. The van der Waals surface area contributed by atoms with E-state index in [1.807, 2.05) is 19.9 Å². The Hall–Kier alpha value is -2.87. The highest BCUT2D eigenvalue weighted by Gasteiger charge is 2.11. The Morgan fingerprint density at radius 3 is 1.97 bits per heavy atom. The van der Waals surface area contributed by atoms with Crippen LogP contribution < -0.4 is 20.1 Å². The van der Waals surface area contributed by atoms with Crippen molar-refractivity contribution in [2.75, 3.05) is 26.3 Å². The van der Waals surface area contributed by atoms with Crippen molar-refractivity contribution in [3.8, 4) is 11.5 Å². The van der Waals surface area contributed by atoms with Crippen LogP contribution in [0.5, 0.6) is 11.5 Å². The second-order valence-electron chi connectivity index (χ2n) is 7.77. The van der Waals surface area contributed by atoms with Gasteiger partial charge in [-0.1, -0.05) is 29.3 Å². The maximum Gasteiger partial charge on any atom is 0.251 e. The van der Waals surface area contributed by atoms with Crippen molar-refractivity contribution in [2.24, 2.45) is 0 Å². The molecule has 0 aliphatic rings. The van der Waals surface area contributed by atoms with Crippen molar-refractivity contribution in [3.05, 3.63) is 86.9 Å². The van der Waals surface area contributed by atoms with Gasteiger partial charge in [-0.15, -0.1) is 12.6 Å². The topological polar surface area (TPSA) is 76.7 Å². The normalized spacial score (nSPS) is 10.5. The number of hydrogen-bond donors (Lipinski definition) is 3. The molecule has 0 spiro atoms. The highest BCUT2D eigenvalue weighted by molar-refractivity contribution is 7.80. The van der Waals surface area contributed by atoms with E-state index in [9.17, 15) is 9.59 Å². The Morgan fingerprint density at radius 1 is 0.800 bits per heavy atom. The van der Waals surface area contributed by atoms with Crippen molar-refractivity contribution in [1.29, 1.82) is 0 Å². The zero-order chi connectivity index (χ0) is 25.4. The van der Waals surface area contributed by atoms with E-state index in [4.69, 9.17) is 32.7 Å². The van der Waals surface area contributed by atoms with Crippen LogP contribution in [0, 0.1) is 13.8 Å². The molecule has 0 aliphatic carbocycles. The molecule has 3 rings (SSSR count). The van der Waals surface area contributed by atoms with Crippen LogP contribution in [0.2, 0.25) is 10.0 Å². The van der Waals surface area contributed by atoms with Gasteiger partial charge in [0, 0.05) is 21.0 Å². The van der Waals surface area contributed by atoms with Gasteiger partial charge < -0.3 is 20.1 Å². The number of carbonyl (C=O) groups excluding carboxylic acids is 2. The fourth-order valence-electron chi connectivity index (χ4n) is 3.23. The molecule has 35 heavy (non-hydrogen) atoms. The summed E-state index contributed by atoms with van der Waals surface area (Å²) in [5.74, 6) is 0.777. The Labute approximate surface area is 220 Å². The number of halogens is 2. The minimum absolute atomic E-state index is 0.273. The summed E-state index contributed by atoms with van der Waals surface area (Å²) < 4.78 is 11.4. The van der Waals surface area contributed by atoms with Crippen molar-refractivity contribution in [3.63, 3.8) is 0 Å². The average molecular weight is 533 g/mol. The summed E-state index contributed by atoms with van der Waals surface area (Å²) in [7, 11) is 0. The van der Waals surface area contributed by atoms with Gasteiger partial charge in [0.25, 0.3) is 11.8 Å². The third kappa shape index (κ3) is 7.82. The number of thiol groups is 1. The van der Waals surface area contributed by atoms with Crippen LogP contribution >= 0.6 is 35.8 Å². The summed E-state index contributed by atoms with van der Waals surface area (Å²) in [6.07, 6.45) is 0. The molecule has 0 unspecified atom stereocenters. The fourth-order valence-corrected chi connectivity index (χ4v) is 3.86. The van der Waals surface area contributed by atoms with Crippen LogP contribution in [-0.2, 0) is 0 Å². The van der Waals surface area contributed by atoms with E-state index < -0.39 is 0 Å². The Balaban J connectivity index is 1.44. The lowest BCUT2D eigenvalue weighted by Crippen LogP contribution is -2.30. The summed E-state index contributed by atoms with van der Waals surface area (Å²) >= 11 is 16.3. The first-order chi connectivity index (χ1) is 16.7. The van der Waals surface area contributed by atoms with Gasteiger partial charge in [0.1, 0.15) is 24.7 Å². The van der Waals surface area contributed by atoms with E-state index in [1.54, 1.807) is 48.5 Å². The molecule has 9 heteroatoms. The molecular formula is C26H26Cl2N2O4S. The molecule has 0 fully saturated rings. The fraction of sp³-hybridized carbons (Fsp3) is 0.231. The first kappa shape index (κ1) is 26.7. The highest BCUT2D eigenvalue weighted by Crippen LogP contribution is 2.28. The Bertz CT molecular complexity index is 1220. The lowest BCUT2D eigenvalue weighted by Gasteiger charge is -2.12. The predicted molar refractivity (Wildman–Crippen MR) is 142 cm³/mol. The lowest BCUT2D eigenvalue weighted by atomic mass is 10.1. The standard InChI is InChI=1S/C26H26Cl2N2O4S/c1-16-12-20(27)6-7-22(16)33-10-8-29-25(31)18-4-3-5-19(14-18)26(32)30-9-11-34-23-15-24(35)21(28)13-17(23)2/h3-7,12-15,35H,8-11H2,1-2H3,(H,29,31)(H,30,32). The predicted octanol–water partition coefficient (Wildman–Crippen LogP) is 5.52. The molecule has 6 nitrogen and oxygen atoms in total. The van der Waals surface area contributed by atoms with Crippen LogP contribution in [0.1, 0.15) is 31.8 Å².